The van der Waals surface area contributed by atoms with E-state index in [-0.39, 0.29) is 24.3 Å². The van der Waals surface area contributed by atoms with Gasteiger partial charge in [0.2, 0.25) is 0 Å². The first-order chi connectivity index (χ1) is 11.1. The van der Waals surface area contributed by atoms with E-state index in [4.69, 9.17) is 0 Å². The van der Waals surface area contributed by atoms with Gasteiger partial charge in [0.05, 0.1) is 18.0 Å². The molecule has 3 rings (SSSR count). The predicted octanol–water partition coefficient (Wildman–Crippen LogP) is 3.34. The monoisotopic (exact) mass is 317 g/mol. The summed E-state index contributed by atoms with van der Waals surface area (Å²) in [6.07, 6.45) is 4.98. The molecule has 1 atom stereocenters. The molecule has 1 aliphatic rings. The molecule has 1 aromatic carbocycles. The lowest BCUT2D eigenvalue weighted by Gasteiger charge is -2.32. The fourth-order valence-corrected chi connectivity index (χ4v) is 3.76. The van der Waals surface area contributed by atoms with Gasteiger partial charge in [0.25, 0.3) is 0 Å². The number of nitrogens with zero attached hydrogens (tertiary/aromatic N) is 1. The van der Waals surface area contributed by atoms with Gasteiger partial charge in [-0.25, -0.2) is 4.39 Å². The maximum atomic E-state index is 13.6. The van der Waals surface area contributed by atoms with Gasteiger partial charge < -0.3 is 10.2 Å². The molecule has 0 saturated heterocycles. The van der Waals surface area contributed by atoms with Crippen LogP contribution in [-0.2, 0) is 4.79 Å². The van der Waals surface area contributed by atoms with E-state index < -0.39 is 11.9 Å². The molecule has 4 nitrogen and oxygen atoms in total. The second-order valence-electron chi connectivity index (χ2n) is 6.30. The Bertz CT molecular complexity index is 710. The Balaban J connectivity index is 1.80. The van der Waals surface area contributed by atoms with E-state index in [2.05, 4.69) is 4.98 Å². The van der Waals surface area contributed by atoms with Crippen LogP contribution in [0.1, 0.15) is 37.2 Å². The van der Waals surface area contributed by atoms with Crippen LogP contribution >= 0.6 is 0 Å². The molecule has 1 fully saturated rings. The van der Waals surface area contributed by atoms with E-state index in [1.165, 1.54) is 12.1 Å². The maximum absolute atomic E-state index is 13.6. The van der Waals surface area contributed by atoms with Crippen LogP contribution in [0.2, 0.25) is 0 Å². The minimum Gasteiger partial charge on any atom is -0.481 e. The minimum absolute atomic E-state index is 0.0126. The first-order valence-corrected chi connectivity index (χ1v) is 7.98. The smallest absolute Gasteiger partial charge is 0.309 e. The summed E-state index contributed by atoms with van der Waals surface area (Å²) in [7, 11) is 0. The van der Waals surface area contributed by atoms with Crippen molar-refractivity contribution in [2.24, 2.45) is 11.8 Å². The van der Waals surface area contributed by atoms with Gasteiger partial charge in [0.15, 0.2) is 0 Å². The number of rotatable bonds is 4. The molecule has 0 spiro atoms. The number of aliphatic hydroxyl groups is 1. The van der Waals surface area contributed by atoms with Crippen LogP contribution in [0.3, 0.4) is 0 Å². The van der Waals surface area contributed by atoms with Gasteiger partial charge in [0.1, 0.15) is 5.82 Å². The summed E-state index contributed by atoms with van der Waals surface area (Å²) in [5.74, 6) is -1.58. The Morgan fingerprint density at radius 1 is 1.26 bits per heavy atom. The highest BCUT2D eigenvalue weighted by atomic mass is 19.1. The van der Waals surface area contributed by atoms with Crippen molar-refractivity contribution in [3.8, 4) is 0 Å². The molecule has 2 N–H and O–H groups in total. The Hall–Kier alpha value is -2.01. The third-order valence-electron chi connectivity index (χ3n) is 5.03. The number of aliphatic hydroxyl groups excluding tert-OH is 1. The Morgan fingerprint density at radius 3 is 2.65 bits per heavy atom. The van der Waals surface area contributed by atoms with E-state index in [9.17, 15) is 19.4 Å². The van der Waals surface area contributed by atoms with Crippen LogP contribution in [0, 0.1) is 17.7 Å². The fraction of sp³-hybridized carbons (Fsp3) is 0.444. The van der Waals surface area contributed by atoms with E-state index in [0.29, 0.717) is 0 Å². The molecule has 0 amide bonds. The van der Waals surface area contributed by atoms with Gasteiger partial charge >= 0.3 is 5.97 Å². The van der Waals surface area contributed by atoms with Crippen molar-refractivity contribution in [2.75, 3.05) is 6.61 Å². The molecule has 23 heavy (non-hydrogen) atoms. The molecule has 0 aliphatic heterocycles. The van der Waals surface area contributed by atoms with Crippen molar-refractivity contribution in [3.05, 3.63) is 41.8 Å². The summed E-state index contributed by atoms with van der Waals surface area (Å²) in [5.41, 5.74) is 1.87. The average molecular weight is 317 g/mol. The van der Waals surface area contributed by atoms with Crippen LogP contribution in [0.25, 0.3) is 10.9 Å². The number of carboxylic acid groups (broad SMARTS) is 1. The minimum atomic E-state index is -0.924. The maximum Gasteiger partial charge on any atom is 0.309 e. The van der Waals surface area contributed by atoms with Crippen molar-refractivity contribution in [1.29, 1.82) is 0 Å². The molecule has 0 radical (unpaired) electrons. The standard InChI is InChI=1S/C18H20FNO3/c19-13-5-6-17-15(9-13)14(7-8-20-17)11-1-3-12(4-2-11)16(10-21)18(22)23/h5-9,11-12,16,21H,1-4,10H2,(H,22,23). The molecule has 1 saturated carbocycles. The largest absolute Gasteiger partial charge is 0.481 e. The van der Waals surface area contributed by atoms with Gasteiger partial charge in [0, 0.05) is 11.6 Å². The van der Waals surface area contributed by atoms with Gasteiger partial charge in [-0.1, -0.05) is 0 Å². The predicted molar refractivity (Wildman–Crippen MR) is 84.6 cm³/mol. The summed E-state index contributed by atoms with van der Waals surface area (Å²) in [6, 6.07) is 6.56. The Kier molecular flexibility index (Phi) is 4.57. The number of pyridine rings is 1. The van der Waals surface area contributed by atoms with Crippen LogP contribution < -0.4 is 0 Å². The van der Waals surface area contributed by atoms with Crippen LogP contribution in [0.15, 0.2) is 30.5 Å². The van der Waals surface area contributed by atoms with Crippen LogP contribution in [0.4, 0.5) is 4.39 Å². The molecule has 2 aromatic rings. The molecule has 1 unspecified atom stereocenters. The first kappa shape index (κ1) is 15.9. The third kappa shape index (κ3) is 3.20. The lowest BCUT2D eigenvalue weighted by molar-refractivity contribution is -0.145. The Morgan fingerprint density at radius 2 is 2.00 bits per heavy atom. The molecule has 0 bridgehead atoms. The summed E-state index contributed by atoms with van der Waals surface area (Å²) in [6.45, 7) is -0.311. The third-order valence-corrected chi connectivity index (χ3v) is 5.03. The quantitative estimate of drug-likeness (QED) is 0.907. The van der Waals surface area contributed by atoms with Crippen molar-refractivity contribution in [3.63, 3.8) is 0 Å². The number of carbonyl (C=O) groups is 1. The van der Waals surface area contributed by atoms with E-state index >= 15 is 0 Å². The lowest BCUT2D eigenvalue weighted by atomic mass is 9.73. The van der Waals surface area contributed by atoms with Gasteiger partial charge in [-0.05, 0) is 67.3 Å². The number of aromatic nitrogens is 1. The molecule has 122 valence electrons. The Labute approximate surface area is 134 Å². The first-order valence-electron chi connectivity index (χ1n) is 7.98. The molecular formula is C18H20FNO3. The average Bonchev–Trinajstić information content (AvgIpc) is 2.55. The van der Waals surface area contributed by atoms with Crippen molar-refractivity contribution in [2.45, 2.75) is 31.6 Å². The number of halogens is 1. The highest BCUT2D eigenvalue weighted by Gasteiger charge is 2.32. The summed E-state index contributed by atoms with van der Waals surface area (Å²) >= 11 is 0. The van der Waals surface area contributed by atoms with E-state index in [0.717, 1.165) is 42.1 Å². The van der Waals surface area contributed by atoms with E-state index in [1.54, 1.807) is 12.3 Å². The number of fused-ring (bicyclic) bond motifs is 1. The number of benzene rings is 1. The number of hydrogen-bond acceptors (Lipinski definition) is 3. The fourth-order valence-electron chi connectivity index (χ4n) is 3.76. The normalized spacial score (nSPS) is 22.9. The molecule has 5 heteroatoms. The SMILES string of the molecule is O=C(O)C(CO)C1CCC(c2ccnc3ccc(F)cc23)CC1. The topological polar surface area (TPSA) is 70.4 Å². The molecular weight excluding hydrogens is 297 g/mol. The second-order valence-corrected chi connectivity index (χ2v) is 6.30. The van der Waals surface area contributed by atoms with Gasteiger partial charge in [-0.2, -0.15) is 0 Å². The van der Waals surface area contributed by atoms with Crippen LogP contribution in [0.5, 0.6) is 0 Å². The van der Waals surface area contributed by atoms with Crippen molar-refractivity contribution in [1.82, 2.24) is 4.98 Å². The van der Waals surface area contributed by atoms with E-state index in [1.807, 2.05) is 6.07 Å². The molecule has 1 heterocycles. The van der Waals surface area contributed by atoms with Crippen molar-refractivity contribution < 1.29 is 19.4 Å². The summed E-state index contributed by atoms with van der Waals surface area (Å²) in [4.78, 5) is 15.5. The van der Waals surface area contributed by atoms with Crippen LogP contribution in [-0.4, -0.2) is 27.8 Å². The zero-order valence-corrected chi connectivity index (χ0v) is 12.8. The number of hydrogen-bond donors (Lipinski definition) is 2. The lowest BCUT2D eigenvalue weighted by Crippen LogP contribution is -2.29. The highest BCUT2D eigenvalue weighted by Crippen LogP contribution is 2.40. The summed E-state index contributed by atoms with van der Waals surface area (Å²) in [5, 5.41) is 19.3. The van der Waals surface area contributed by atoms with Gasteiger partial charge in [-0.3, -0.25) is 9.78 Å². The highest BCUT2D eigenvalue weighted by molar-refractivity contribution is 5.82. The zero-order chi connectivity index (χ0) is 16.4. The molecule has 1 aliphatic carbocycles. The second kappa shape index (κ2) is 6.62. The summed E-state index contributed by atoms with van der Waals surface area (Å²) < 4.78 is 13.6. The zero-order valence-electron chi connectivity index (χ0n) is 12.8. The van der Waals surface area contributed by atoms with Crippen molar-refractivity contribution >= 4 is 16.9 Å². The molecule has 1 aromatic heterocycles. The van der Waals surface area contributed by atoms with Gasteiger partial charge in [-0.15, -0.1) is 0 Å². The number of aliphatic carboxylic acids is 1. The number of carboxylic acids is 1.